The molecule has 0 radical (unpaired) electrons. The van der Waals surface area contributed by atoms with Crippen LogP contribution in [0.5, 0.6) is 0 Å². The van der Waals surface area contributed by atoms with Crippen molar-refractivity contribution < 1.29 is 14.6 Å². The first-order chi connectivity index (χ1) is 12.1. The van der Waals surface area contributed by atoms with Crippen LogP contribution in [0, 0.1) is 12.8 Å². The van der Waals surface area contributed by atoms with E-state index in [1.165, 1.54) is 11.1 Å². The van der Waals surface area contributed by atoms with Crippen LogP contribution in [0.3, 0.4) is 0 Å². The molecule has 138 valence electrons. The van der Waals surface area contributed by atoms with E-state index in [4.69, 9.17) is 4.74 Å². The van der Waals surface area contributed by atoms with Crippen LogP contribution < -0.4 is 0 Å². The van der Waals surface area contributed by atoms with Crippen molar-refractivity contribution in [2.75, 3.05) is 33.4 Å². The second-order valence-electron chi connectivity index (χ2n) is 7.45. The summed E-state index contributed by atoms with van der Waals surface area (Å²) in [6.07, 6.45) is 2.53. The number of carbonyl (C=O) groups is 1. The van der Waals surface area contributed by atoms with Crippen LogP contribution in [0.4, 0.5) is 0 Å². The third-order valence-corrected chi connectivity index (χ3v) is 5.70. The van der Waals surface area contributed by atoms with E-state index < -0.39 is 0 Å². The lowest BCUT2D eigenvalue weighted by molar-refractivity contribution is -0.133. The molecule has 3 rings (SSSR count). The van der Waals surface area contributed by atoms with Gasteiger partial charge in [-0.25, -0.2) is 0 Å². The highest BCUT2D eigenvalue weighted by molar-refractivity contribution is 5.78. The number of nitrogens with zero attached hydrogens (tertiary/aromatic N) is 2. The summed E-state index contributed by atoms with van der Waals surface area (Å²) >= 11 is 0. The Kier molecular flexibility index (Phi) is 6.10. The Morgan fingerprint density at radius 3 is 2.92 bits per heavy atom. The molecular weight excluding hydrogens is 316 g/mol. The number of benzene rings is 1. The number of amides is 1. The summed E-state index contributed by atoms with van der Waals surface area (Å²) in [5.41, 5.74) is 2.40. The van der Waals surface area contributed by atoms with E-state index >= 15 is 0 Å². The van der Waals surface area contributed by atoms with Crippen LogP contribution in [0.1, 0.15) is 30.4 Å². The van der Waals surface area contributed by atoms with Gasteiger partial charge in [-0.15, -0.1) is 0 Å². The van der Waals surface area contributed by atoms with Gasteiger partial charge in [0.25, 0.3) is 0 Å². The quantitative estimate of drug-likeness (QED) is 0.884. The number of aryl methyl sites for hydroxylation is 1. The highest BCUT2D eigenvalue weighted by Crippen LogP contribution is 2.29. The molecule has 3 atom stereocenters. The molecule has 2 heterocycles. The molecule has 1 aromatic carbocycles. The van der Waals surface area contributed by atoms with Gasteiger partial charge < -0.3 is 14.7 Å². The van der Waals surface area contributed by atoms with Gasteiger partial charge in [-0.05, 0) is 43.9 Å². The highest BCUT2D eigenvalue weighted by atomic mass is 16.5. The summed E-state index contributed by atoms with van der Waals surface area (Å²) in [6.45, 7) is 5.32. The second kappa shape index (κ2) is 8.30. The van der Waals surface area contributed by atoms with Gasteiger partial charge in [-0.1, -0.05) is 24.3 Å². The van der Waals surface area contributed by atoms with Crippen LogP contribution in [-0.2, 0) is 16.1 Å². The summed E-state index contributed by atoms with van der Waals surface area (Å²) in [6, 6.07) is 8.45. The number of hydrogen-bond acceptors (Lipinski definition) is 4. The van der Waals surface area contributed by atoms with Crippen LogP contribution in [0.25, 0.3) is 0 Å². The predicted molar refractivity (Wildman–Crippen MR) is 97.2 cm³/mol. The van der Waals surface area contributed by atoms with Gasteiger partial charge in [0.1, 0.15) is 0 Å². The zero-order valence-electron chi connectivity index (χ0n) is 15.4. The third-order valence-electron chi connectivity index (χ3n) is 5.70. The molecule has 25 heavy (non-hydrogen) atoms. The van der Waals surface area contributed by atoms with Crippen molar-refractivity contribution in [2.24, 2.45) is 5.92 Å². The first-order valence-electron chi connectivity index (χ1n) is 9.34. The maximum absolute atomic E-state index is 12.7. The Labute approximate surface area is 150 Å². The summed E-state index contributed by atoms with van der Waals surface area (Å²) in [7, 11) is 1.87. The molecule has 2 saturated heterocycles. The van der Waals surface area contributed by atoms with Gasteiger partial charge in [0.05, 0.1) is 19.3 Å². The molecule has 0 bridgehead atoms. The van der Waals surface area contributed by atoms with Gasteiger partial charge in [-0.3, -0.25) is 9.69 Å². The van der Waals surface area contributed by atoms with Crippen molar-refractivity contribution in [3.05, 3.63) is 35.4 Å². The molecule has 2 aliphatic heterocycles. The number of aliphatic hydroxyl groups excluding tert-OH is 1. The molecule has 1 N–H and O–H groups in total. The number of hydrogen-bond donors (Lipinski definition) is 1. The normalized spacial score (nSPS) is 27.4. The van der Waals surface area contributed by atoms with Crippen molar-refractivity contribution in [1.82, 2.24) is 9.80 Å². The van der Waals surface area contributed by atoms with Gasteiger partial charge in [0.15, 0.2) is 0 Å². The maximum Gasteiger partial charge on any atom is 0.236 e. The zero-order valence-corrected chi connectivity index (χ0v) is 15.4. The van der Waals surface area contributed by atoms with Crippen molar-refractivity contribution in [3.63, 3.8) is 0 Å². The molecule has 0 aromatic heterocycles. The molecule has 1 aromatic rings. The Balaban J connectivity index is 1.58. The molecular formula is C20H30N2O3. The molecule has 1 amide bonds. The van der Waals surface area contributed by atoms with E-state index in [2.05, 4.69) is 24.0 Å². The standard InChI is InChI=1S/C20H30N2O3/c1-15-6-3-4-7-16(15)12-21(2)20(24)13-22-10-5-8-18(22)17-14-25-11-9-19(17)23/h3-4,6-7,17-19,23H,5,8-14H2,1-2H3/t17-,18-,19-/m1/s1. The topological polar surface area (TPSA) is 53.0 Å². The number of likely N-dealkylation sites (N-methyl/N-ethyl adjacent to an activating group) is 1. The molecule has 0 unspecified atom stereocenters. The molecule has 5 heteroatoms. The number of ether oxygens (including phenoxy) is 1. The van der Waals surface area contributed by atoms with Crippen molar-refractivity contribution in [1.29, 1.82) is 0 Å². The minimum atomic E-state index is -0.306. The number of aliphatic hydroxyl groups is 1. The lowest BCUT2D eigenvalue weighted by Crippen LogP contribution is -2.48. The van der Waals surface area contributed by atoms with Gasteiger partial charge in [0.2, 0.25) is 5.91 Å². The van der Waals surface area contributed by atoms with Crippen LogP contribution in [0.2, 0.25) is 0 Å². The number of carbonyl (C=O) groups excluding carboxylic acids is 1. The minimum absolute atomic E-state index is 0.130. The average molecular weight is 346 g/mol. The Morgan fingerprint density at radius 2 is 2.16 bits per heavy atom. The van der Waals surface area contributed by atoms with Gasteiger partial charge >= 0.3 is 0 Å². The molecule has 2 fully saturated rings. The monoisotopic (exact) mass is 346 g/mol. The van der Waals surface area contributed by atoms with Crippen LogP contribution >= 0.6 is 0 Å². The van der Waals surface area contributed by atoms with E-state index in [0.29, 0.717) is 32.7 Å². The lowest BCUT2D eigenvalue weighted by atomic mass is 9.89. The van der Waals surface area contributed by atoms with E-state index in [9.17, 15) is 9.90 Å². The first kappa shape index (κ1) is 18.4. The molecule has 0 saturated carbocycles. The molecule has 0 spiro atoms. The molecule has 5 nitrogen and oxygen atoms in total. The second-order valence-corrected chi connectivity index (χ2v) is 7.45. The maximum atomic E-state index is 12.7. The minimum Gasteiger partial charge on any atom is -0.393 e. The summed E-state index contributed by atoms with van der Waals surface area (Å²) in [5, 5.41) is 10.3. The van der Waals surface area contributed by atoms with Gasteiger partial charge in [0, 0.05) is 32.2 Å². The predicted octanol–water partition coefficient (Wildman–Crippen LogP) is 1.82. The van der Waals surface area contributed by atoms with E-state index in [1.54, 1.807) is 0 Å². The van der Waals surface area contributed by atoms with Crippen LogP contribution in [0.15, 0.2) is 24.3 Å². The first-order valence-corrected chi connectivity index (χ1v) is 9.34. The SMILES string of the molecule is Cc1ccccc1CN(C)C(=O)CN1CCC[C@@H]1[C@H]1COCC[C@H]1O. The van der Waals surface area contributed by atoms with Crippen molar-refractivity contribution >= 4 is 5.91 Å². The average Bonchev–Trinajstić information content (AvgIpc) is 3.05. The van der Waals surface area contributed by atoms with Gasteiger partial charge in [-0.2, -0.15) is 0 Å². The largest absolute Gasteiger partial charge is 0.393 e. The Bertz CT molecular complexity index is 592. The zero-order chi connectivity index (χ0) is 17.8. The fourth-order valence-electron chi connectivity index (χ4n) is 4.07. The fraction of sp³-hybridized carbons (Fsp3) is 0.650. The Hall–Kier alpha value is -1.43. The third kappa shape index (κ3) is 4.40. The number of rotatable bonds is 5. The van der Waals surface area contributed by atoms with E-state index in [1.807, 2.05) is 24.1 Å². The smallest absolute Gasteiger partial charge is 0.236 e. The van der Waals surface area contributed by atoms with Crippen molar-refractivity contribution in [3.8, 4) is 0 Å². The highest BCUT2D eigenvalue weighted by Gasteiger charge is 2.38. The number of likely N-dealkylation sites (tertiary alicyclic amines) is 1. The summed E-state index contributed by atoms with van der Waals surface area (Å²) in [5.74, 6) is 0.270. The molecule has 0 aliphatic carbocycles. The fourth-order valence-corrected chi connectivity index (χ4v) is 4.07. The van der Waals surface area contributed by atoms with Crippen LogP contribution in [-0.4, -0.2) is 66.3 Å². The Morgan fingerprint density at radius 1 is 1.36 bits per heavy atom. The lowest BCUT2D eigenvalue weighted by Gasteiger charge is -2.37. The van der Waals surface area contributed by atoms with Crippen molar-refractivity contribution in [2.45, 2.75) is 44.9 Å². The summed E-state index contributed by atoms with van der Waals surface area (Å²) < 4.78 is 5.58. The van der Waals surface area contributed by atoms with E-state index in [-0.39, 0.29) is 24.0 Å². The molecule has 2 aliphatic rings. The van der Waals surface area contributed by atoms with E-state index in [0.717, 1.165) is 19.4 Å². The summed E-state index contributed by atoms with van der Waals surface area (Å²) in [4.78, 5) is 16.8.